The summed E-state index contributed by atoms with van der Waals surface area (Å²) in [6.45, 7) is 8.99. The van der Waals surface area contributed by atoms with Crippen LogP contribution >= 0.6 is 11.6 Å². The van der Waals surface area contributed by atoms with Gasteiger partial charge in [0.05, 0.1) is 0 Å². The standard InChI is InChI=1S/C16H25ClN2O/c1-5-20-16(9-7-6-8-10-16)15-18-12(4)13(11(2)3)14(17)19-15/h11H,5-10H2,1-4H3. The van der Waals surface area contributed by atoms with E-state index in [-0.39, 0.29) is 5.60 Å². The molecular formula is C16H25ClN2O. The zero-order valence-corrected chi connectivity index (χ0v) is 13.8. The summed E-state index contributed by atoms with van der Waals surface area (Å²) >= 11 is 6.40. The van der Waals surface area contributed by atoms with Crippen molar-refractivity contribution in [1.82, 2.24) is 9.97 Å². The van der Waals surface area contributed by atoms with Crippen molar-refractivity contribution in [2.75, 3.05) is 6.61 Å². The largest absolute Gasteiger partial charge is 0.367 e. The Labute approximate surface area is 127 Å². The monoisotopic (exact) mass is 296 g/mol. The number of nitrogens with zero attached hydrogens (tertiary/aromatic N) is 2. The van der Waals surface area contributed by atoms with Crippen LogP contribution in [0.5, 0.6) is 0 Å². The van der Waals surface area contributed by atoms with Crippen LogP contribution < -0.4 is 0 Å². The lowest BCUT2D eigenvalue weighted by Crippen LogP contribution is -2.35. The van der Waals surface area contributed by atoms with Crippen LogP contribution in [0.1, 0.15) is 75.9 Å². The SMILES string of the molecule is CCOC1(c2nc(C)c(C(C)C)c(Cl)n2)CCCCC1. The molecule has 2 rings (SSSR count). The van der Waals surface area contributed by atoms with Crippen LogP contribution in [-0.2, 0) is 10.3 Å². The molecule has 1 saturated carbocycles. The second-order valence-corrected chi connectivity index (χ2v) is 6.34. The lowest BCUT2D eigenvalue weighted by molar-refractivity contribution is -0.0768. The Hall–Kier alpha value is -0.670. The highest BCUT2D eigenvalue weighted by Gasteiger charge is 2.38. The van der Waals surface area contributed by atoms with E-state index in [1.54, 1.807) is 0 Å². The van der Waals surface area contributed by atoms with Gasteiger partial charge < -0.3 is 4.74 Å². The molecule has 0 radical (unpaired) electrons. The normalized spacial score (nSPS) is 18.5. The number of ether oxygens (including phenoxy) is 1. The molecule has 0 aromatic carbocycles. The second-order valence-electron chi connectivity index (χ2n) is 5.98. The zero-order chi connectivity index (χ0) is 14.8. The molecule has 20 heavy (non-hydrogen) atoms. The highest BCUT2D eigenvalue weighted by atomic mass is 35.5. The van der Waals surface area contributed by atoms with Crippen LogP contribution in [0.2, 0.25) is 5.15 Å². The fourth-order valence-electron chi connectivity index (χ4n) is 3.24. The molecule has 4 heteroatoms. The van der Waals surface area contributed by atoms with Crippen molar-refractivity contribution in [2.45, 2.75) is 71.3 Å². The van der Waals surface area contributed by atoms with Crippen LogP contribution in [-0.4, -0.2) is 16.6 Å². The van der Waals surface area contributed by atoms with E-state index in [2.05, 4.69) is 18.8 Å². The first-order chi connectivity index (χ1) is 9.50. The Morgan fingerprint density at radius 1 is 1.20 bits per heavy atom. The molecule has 0 bridgehead atoms. The van der Waals surface area contributed by atoms with Gasteiger partial charge in [0.25, 0.3) is 0 Å². The molecule has 0 spiro atoms. The lowest BCUT2D eigenvalue weighted by Gasteiger charge is -2.36. The summed E-state index contributed by atoms with van der Waals surface area (Å²) in [5.41, 5.74) is 1.72. The molecule has 0 atom stereocenters. The minimum absolute atomic E-state index is 0.323. The first-order valence-corrected chi connectivity index (χ1v) is 8.06. The maximum atomic E-state index is 6.40. The summed E-state index contributed by atoms with van der Waals surface area (Å²) < 4.78 is 6.08. The molecule has 0 unspecified atom stereocenters. The number of hydrogen-bond acceptors (Lipinski definition) is 3. The molecule has 1 aliphatic rings. The summed E-state index contributed by atoms with van der Waals surface area (Å²) in [5.74, 6) is 1.12. The van der Waals surface area contributed by atoms with Gasteiger partial charge in [-0.05, 0) is 32.6 Å². The average Bonchev–Trinajstić information content (AvgIpc) is 2.38. The molecule has 1 aliphatic carbocycles. The van der Waals surface area contributed by atoms with Gasteiger partial charge in [-0.25, -0.2) is 9.97 Å². The molecule has 0 amide bonds. The van der Waals surface area contributed by atoms with Gasteiger partial charge in [-0.3, -0.25) is 0 Å². The van der Waals surface area contributed by atoms with Gasteiger partial charge in [0.2, 0.25) is 0 Å². The highest BCUT2D eigenvalue weighted by molar-refractivity contribution is 6.30. The van der Waals surface area contributed by atoms with Crippen LogP contribution in [0.15, 0.2) is 0 Å². The fourth-order valence-corrected chi connectivity index (χ4v) is 3.67. The van der Waals surface area contributed by atoms with E-state index in [1.165, 1.54) is 19.3 Å². The second kappa shape index (κ2) is 6.40. The summed E-state index contributed by atoms with van der Waals surface area (Å²) in [6.07, 6.45) is 5.61. The van der Waals surface area contributed by atoms with Gasteiger partial charge in [-0.2, -0.15) is 0 Å². The van der Waals surface area contributed by atoms with Crippen LogP contribution in [0, 0.1) is 6.92 Å². The van der Waals surface area contributed by atoms with Crippen molar-refractivity contribution in [3.63, 3.8) is 0 Å². The quantitative estimate of drug-likeness (QED) is 0.752. The molecule has 0 N–H and O–H groups in total. The number of aromatic nitrogens is 2. The van der Waals surface area contributed by atoms with E-state index in [0.717, 1.165) is 29.9 Å². The van der Waals surface area contributed by atoms with Gasteiger partial charge in [0.15, 0.2) is 5.82 Å². The predicted octanol–water partition coefficient (Wildman–Crippen LogP) is 4.76. The molecule has 1 fully saturated rings. The summed E-state index contributed by atoms with van der Waals surface area (Å²) in [5, 5.41) is 0.590. The van der Waals surface area contributed by atoms with Gasteiger partial charge in [-0.1, -0.05) is 44.7 Å². The Balaban J connectivity index is 2.44. The third-order valence-electron chi connectivity index (χ3n) is 4.16. The smallest absolute Gasteiger partial charge is 0.162 e. The van der Waals surface area contributed by atoms with Gasteiger partial charge in [-0.15, -0.1) is 0 Å². The van der Waals surface area contributed by atoms with Crippen LogP contribution in [0.4, 0.5) is 0 Å². The number of aryl methyl sites for hydroxylation is 1. The average molecular weight is 297 g/mol. The van der Waals surface area contributed by atoms with Gasteiger partial charge in [0, 0.05) is 17.9 Å². The van der Waals surface area contributed by atoms with Gasteiger partial charge in [0.1, 0.15) is 10.8 Å². The van der Waals surface area contributed by atoms with Crippen LogP contribution in [0.25, 0.3) is 0 Å². The van der Waals surface area contributed by atoms with E-state index >= 15 is 0 Å². The fraction of sp³-hybridized carbons (Fsp3) is 0.750. The summed E-state index contributed by atoms with van der Waals surface area (Å²) in [7, 11) is 0. The van der Waals surface area contributed by atoms with Crippen molar-refractivity contribution < 1.29 is 4.74 Å². The van der Waals surface area contributed by atoms with Crippen molar-refractivity contribution in [3.05, 3.63) is 22.2 Å². The third-order valence-corrected chi connectivity index (χ3v) is 4.44. The molecule has 1 aromatic heterocycles. The minimum Gasteiger partial charge on any atom is -0.367 e. The predicted molar refractivity (Wildman–Crippen MR) is 82.3 cm³/mol. The Morgan fingerprint density at radius 3 is 2.35 bits per heavy atom. The molecule has 1 aromatic rings. The maximum Gasteiger partial charge on any atom is 0.162 e. The van der Waals surface area contributed by atoms with Crippen LogP contribution in [0.3, 0.4) is 0 Å². The number of halogens is 1. The topological polar surface area (TPSA) is 35.0 Å². The molecular weight excluding hydrogens is 272 g/mol. The first-order valence-electron chi connectivity index (χ1n) is 7.68. The van der Waals surface area contributed by atoms with Gasteiger partial charge >= 0.3 is 0 Å². The summed E-state index contributed by atoms with van der Waals surface area (Å²) in [4.78, 5) is 9.35. The van der Waals surface area contributed by atoms with E-state index in [0.29, 0.717) is 17.7 Å². The Kier molecular flexibility index (Phi) is 5.03. The summed E-state index contributed by atoms with van der Waals surface area (Å²) in [6, 6.07) is 0. The Bertz CT molecular complexity index is 439. The van der Waals surface area contributed by atoms with E-state index in [9.17, 15) is 0 Å². The molecule has 112 valence electrons. The minimum atomic E-state index is -0.323. The maximum absolute atomic E-state index is 6.40. The van der Waals surface area contributed by atoms with Crippen molar-refractivity contribution >= 4 is 11.6 Å². The van der Waals surface area contributed by atoms with Crippen molar-refractivity contribution in [1.29, 1.82) is 0 Å². The van der Waals surface area contributed by atoms with E-state index < -0.39 is 0 Å². The number of rotatable bonds is 4. The highest BCUT2D eigenvalue weighted by Crippen LogP contribution is 2.40. The Morgan fingerprint density at radius 2 is 1.85 bits per heavy atom. The molecule has 0 aliphatic heterocycles. The molecule has 3 nitrogen and oxygen atoms in total. The number of hydrogen-bond donors (Lipinski definition) is 0. The molecule has 0 saturated heterocycles. The lowest BCUT2D eigenvalue weighted by atomic mass is 9.83. The van der Waals surface area contributed by atoms with E-state index in [1.807, 2.05) is 13.8 Å². The molecule has 1 heterocycles. The zero-order valence-electron chi connectivity index (χ0n) is 13.0. The van der Waals surface area contributed by atoms with Crippen molar-refractivity contribution in [2.24, 2.45) is 0 Å². The van der Waals surface area contributed by atoms with Crippen molar-refractivity contribution in [3.8, 4) is 0 Å². The van der Waals surface area contributed by atoms with E-state index in [4.69, 9.17) is 21.3 Å². The first kappa shape index (κ1) is 15.7. The third kappa shape index (κ3) is 2.99.